The zero-order valence-electron chi connectivity index (χ0n) is 13.7. The van der Waals surface area contributed by atoms with Crippen LogP contribution in [0.25, 0.3) is 0 Å². The van der Waals surface area contributed by atoms with Gasteiger partial charge in [0.15, 0.2) is 0 Å². The van der Waals surface area contributed by atoms with Gasteiger partial charge in [-0.2, -0.15) is 0 Å². The maximum Gasteiger partial charge on any atom is 0.338 e. The number of hydrogen-bond donors (Lipinski definition) is 2. The number of hydrogen-bond acceptors (Lipinski definition) is 4. The lowest BCUT2D eigenvalue weighted by atomic mass is 9.83. The average Bonchev–Trinajstić information content (AvgIpc) is 2.38. The van der Waals surface area contributed by atoms with Crippen LogP contribution in [0, 0.1) is 0 Å². The second-order valence-electron chi connectivity index (χ2n) is 6.89. The van der Waals surface area contributed by atoms with Crippen LogP contribution in [-0.4, -0.2) is 24.7 Å². The lowest BCUT2D eigenvalue weighted by Gasteiger charge is -2.34. The molecule has 118 valence electrons. The first-order valence-electron chi connectivity index (χ1n) is 7.35. The second-order valence-corrected chi connectivity index (χ2v) is 6.89. The quantitative estimate of drug-likeness (QED) is 0.819. The molecule has 0 aromatic heterocycles. The highest BCUT2D eigenvalue weighted by Crippen LogP contribution is 2.29. The Morgan fingerprint density at radius 3 is 2.33 bits per heavy atom. The van der Waals surface area contributed by atoms with Gasteiger partial charge in [0.2, 0.25) is 0 Å². The van der Waals surface area contributed by atoms with Crippen molar-refractivity contribution in [1.29, 1.82) is 0 Å². The Kier molecular flexibility index (Phi) is 5.54. The standard InChI is InChI=1S/C17H25NO2.H3N/c1-16(2,3)14-8-6-5-7-13(14)15(19)20-17(4)9-11-18-12-10-17;/h5-8,18H,9-12H2,1-4H3;1H3. The molecular weight excluding hydrogens is 264 g/mol. The van der Waals surface area contributed by atoms with Gasteiger partial charge in [-0.25, -0.2) is 4.79 Å². The number of benzene rings is 1. The third-order valence-corrected chi connectivity index (χ3v) is 3.96. The maximum atomic E-state index is 12.5. The van der Waals surface area contributed by atoms with Crippen molar-refractivity contribution in [3.63, 3.8) is 0 Å². The molecule has 2 rings (SSSR count). The Morgan fingerprint density at radius 1 is 1.19 bits per heavy atom. The number of piperidine rings is 1. The zero-order chi connectivity index (χ0) is 14.8. The Bertz CT molecular complexity index is 486. The van der Waals surface area contributed by atoms with Gasteiger partial charge in [-0.3, -0.25) is 0 Å². The van der Waals surface area contributed by atoms with Crippen LogP contribution in [0.4, 0.5) is 0 Å². The molecule has 4 N–H and O–H groups in total. The maximum absolute atomic E-state index is 12.5. The number of esters is 1. The van der Waals surface area contributed by atoms with Gasteiger partial charge in [-0.05, 0) is 49.9 Å². The summed E-state index contributed by atoms with van der Waals surface area (Å²) in [4.78, 5) is 12.5. The van der Waals surface area contributed by atoms with Gasteiger partial charge in [0.25, 0.3) is 0 Å². The van der Waals surface area contributed by atoms with E-state index in [0.29, 0.717) is 5.56 Å². The second kappa shape index (κ2) is 6.58. The Morgan fingerprint density at radius 2 is 1.76 bits per heavy atom. The topological polar surface area (TPSA) is 73.3 Å². The van der Waals surface area contributed by atoms with Gasteiger partial charge < -0.3 is 16.2 Å². The molecule has 0 bridgehead atoms. The summed E-state index contributed by atoms with van der Waals surface area (Å²) in [5.41, 5.74) is 1.33. The first-order chi connectivity index (χ1) is 9.32. The monoisotopic (exact) mass is 292 g/mol. The SMILES string of the molecule is CC1(OC(=O)c2ccccc2C(C)(C)C)CCNCC1.N. The van der Waals surface area contributed by atoms with Gasteiger partial charge >= 0.3 is 5.97 Å². The lowest BCUT2D eigenvalue weighted by molar-refractivity contribution is -0.0236. The Hall–Kier alpha value is -1.39. The largest absolute Gasteiger partial charge is 0.456 e. The van der Waals surface area contributed by atoms with Crippen molar-refractivity contribution in [2.45, 2.75) is 51.6 Å². The minimum Gasteiger partial charge on any atom is -0.456 e. The highest BCUT2D eigenvalue weighted by Gasteiger charge is 2.32. The van der Waals surface area contributed by atoms with Crippen molar-refractivity contribution in [3.8, 4) is 0 Å². The van der Waals surface area contributed by atoms with Gasteiger partial charge in [0.1, 0.15) is 5.60 Å². The molecule has 0 saturated carbocycles. The summed E-state index contributed by atoms with van der Waals surface area (Å²) in [6.07, 6.45) is 1.74. The van der Waals surface area contributed by atoms with Crippen LogP contribution in [0.15, 0.2) is 24.3 Å². The smallest absolute Gasteiger partial charge is 0.338 e. The van der Waals surface area contributed by atoms with Gasteiger partial charge in [0, 0.05) is 0 Å². The Balaban J connectivity index is 0.00000220. The van der Waals surface area contributed by atoms with E-state index in [2.05, 4.69) is 26.1 Å². The number of carbonyl (C=O) groups is 1. The fourth-order valence-electron chi connectivity index (χ4n) is 2.65. The summed E-state index contributed by atoms with van der Waals surface area (Å²) in [7, 11) is 0. The molecule has 1 aliphatic rings. The summed E-state index contributed by atoms with van der Waals surface area (Å²) < 4.78 is 5.82. The number of nitrogens with one attached hydrogen (secondary N) is 1. The van der Waals surface area contributed by atoms with Crippen molar-refractivity contribution in [2.75, 3.05) is 13.1 Å². The van der Waals surface area contributed by atoms with Crippen LogP contribution < -0.4 is 11.5 Å². The van der Waals surface area contributed by atoms with Crippen LogP contribution in [0.1, 0.15) is 56.5 Å². The lowest BCUT2D eigenvalue weighted by Crippen LogP contribution is -2.43. The number of rotatable bonds is 2. The van der Waals surface area contributed by atoms with Crippen LogP contribution in [0.3, 0.4) is 0 Å². The Labute approximate surface area is 127 Å². The third-order valence-electron chi connectivity index (χ3n) is 3.96. The van der Waals surface area contributed by atoms with E-state index in [1.807, 2.05) is 31.2 Å². The molecule has 4 heteroatoms. The molecule has 1 saturated heterocycles. The average molecular weight is 292 g/mol. The predicted molar refractivity (Wildman–Crippen MR) is 86.1 cm³/mol. The molecule has 1 aromatic carbocycles. The summed E-state index contributed by atoms with van der Waals surface area (Å²) in [6.45, 7) is 10.2. The molecule has 0 amide bonds. The van der Waals surface area contributed by atoms with Crippen LogP contribution in [-0.2, 0) is 10.2 Å². The predicted octanol–water partition coefficient (Wildman–Crippen LogP) is 3.45. The fourth-order valence-corrected chi connectivity index (χ4v) is 2.65. The molecular formula is C17H28N2O2. The van der Waals surface area contributed by atoms with Crippen molar-refractivity contribution in [3.05, 3.63) is 35.4 Å². The van der Waals surface area contributed by atoms with E-state index in [1.54, 1.807) is 0 Å². The molecule has 1 aliphatic heterocycles. The molecule has 21 heavy (non-hydrogen) atoms. The van der Waals surface area contributed by atoms with Gasteiger partial charge in [-0.15, -0.1) is 0 Å². The molecule has 0 spiro atoms. The van der Waals surface area contributed by atoms with Crippen LogP contribution >= 0.6 is 0 Å². The third kappa shape index (κ3) is 4.29. The van der Waals surface area contributed by atoms with Crippen LogP contribution in [0.2, 0.25) is 0 Å². The molecule has 0 atom stereocenters. The summed E-state index contributed by atoms with van der Waals surface area (Å²) in [6, 6.07) is 7.76. The summed E-state index contributed by atoms with van der Waals surface area (Å²) in [5, 5.41) is 3.30. The van der Waals surface area contributed by atoms with E-state index >= 15 is 0 Å². The first-order valence-corrected chi connectivity index (χ1v) is 7.35. The van der Waals surface area contributed by atoms with E-state index in [0.717, 1.165) is 31.5 Å². The minimum atomic E-state index is -0.340. The molecule has 1 aromatic rings. The van der Waals surface area contributed by atoms with Crippen LogP contribution in [0.5, 0.6) is 0 Å². The van der Waals surface area contributed by atoms with Gasteiger partial charge in [-0.1, -0.05) is 39.0 Å². The molecule has 1 fully saturated rings. The van der Waals surface area contributed by atoms with E-state index in [4.69, 9.17) is 4.74 Å². The minimum absolute atomic E-state index is 0. The molecule has 4 nitrogen and oxygen atoms in total. The van der Waals surface area contributed by atoms with Crippen molar-refractivity contribution in [2.24, 2.45) is 0 Å². The highest BCUT2D eigenvalue weighted by molar-refractivity contribution is 5.91. The number of carbonyl (C=O) groups excluding carboxylic acids is 1. The van der Waals surface area contributed by atoms with E-state index in [-0.39, 0.29) is 23.1 Å². The molecule has 0 unspecified atom stereocenters. The fraction of sp³-hybridized carbons (Fsp3) is 0.588. The molecule has 0 radical (unpaired) electrons. The van der Waals surface area contributed by atoms with Crippen molar-refractivity contribution in [1.82, 2.24) is 11.5 Å². The zero-order valence-corrected chi connectivity index (χ0v) is 13.7. The van der Waals surface area contributed by atoms with Crippen molar-refractivity contribution >= 4 is 5.97 Å². The summed E-state index contributed by atoms with van der Waals surface area (Å²) >= 11 is 0. The first kappa shape index (κ1) is 17.7. The summed E-state index contributed by atoms with van der Waals surface area (Å²) in [5.74, 6) is -0.195. The van der Waals surface area contributed by atoms with Crippen molar-refractivity contribution < 1.29 is 9.53 Å². The highest BCUT2D eigenvalue weighted by atomic mass is 16.6. The van der Waals surface area contributed by atoms with E-state index < -0.39 is 0 Å². The van der Waals surface area contributed by atoms with E-state index in [9.17, 15) is 4.79 Å². The van der Waals surface area contributed by atoms with E-state index in [1.165, 1.54) is 0 Å². The molecule has 1 heterocycles. The molecule has 0 aliphatic carbocycles. The van der Waals surface area contributed by atoms with Gasteiger partial charge in [0.05, 0.1) is 5.56 Å². The number of ether oxygens (including phenoxy) is 1. The normalized spacial score (nSPS) is 17.7.